The van der Waals surface area contributed by atoms with Gasteiger partial charge in [-0.25, -0.2) is 36.1 Å². The first-order valence-corrected chi connectivity index (χ1v) is 36.7. The fourth-order valence-corrected chi connectivity index (χ4v) is 19.3. The second-order valence-electron chi connectivity index (χ2n) is 22.1. The van der Waals surface area contributed by atoms with E-state index in [9.17, 15) is 0 Å². The van der Waals surface area contributed by atoms with Crippen molar-refractivity contribution in [2.45, 2.75) is 262 Å². The Balaban J connectivity index is -0.0000000924. The van der Waals surface area contributed by atoms with Crippen LogP contribution in [0.1, 0.15) is 228 Å². The van der Waals surface area contributed by atoms with Crippen LogP contribution in [0.2, 0.25) is 0 Å². The fourth-order valence-electron chi connectivity index (χ4n) is 10.2. The topological polar surface area (TPSA) is 165 Å². The van der Waals surface area contributed by atoms with Crippen LogP contribution in [0.4, 0.5) is 0 Å². The van der Waals surface area contributed by atoms with E-state index in [-0.39, 0.29) is 96.1 Å². The van der Waals surface area contributed by atoms with Crippen molar-refractivity contribution in [3.8, 4) is 0 Å². The van der Waals surface area contributed by atoms with Gasteiger partial charge in [-0.15, -0.1) is 0 Å². The Labute approximate surface area is 613 Å². The average molecular weight is 1590 g/mol. The summed E-state index contributed by atoms with van der Waals surface area (Å²) in [5.74, 6) is 0. The van der Waals surface area contributed by atoms with Gasteiger partial charge in [0.2, 0.25) is 0 Å². The minimum absolute atomic E-state index is 0. The molecule has 3 aromatic carbocycles. The van der Waals surface area contributed by atoms with Gasteiger partial charge in [-0.05, 0) is 111 Å². The Morgan fingerprint density at radius 2 is 0.543 bits per heavy atom. The molecule has 3 heterocycles. The van der Waals surface area contributed by atoms with Crippen molar-refractivity contribution in [3.63, 3.8) is 0 Å². The maximum atomic E-state index is 7.44. The number of fused-ring (bicyclic) bond motifs is 3. The molecule has 0 bridgehead atoms. The number of nitrogens with zero attached hydrogens (tertiary/aromatic N) is 11. The van der Waals surface area contributed by atoms with Crippen molar-refractivity contribution >= 4 is 105 Å². The summed E-state index contributed by atoms with van der Waals surface area (Å²) >= 11 is 0. The van der Waals surface area contributed by atoms with Crippen molar-refractivity contribution in [1.29, 1.82) is 0 Å². The summed E-state index contributed by atoms with van der Waals surface area (Å²) in [5.41, 5.74) is 15.3. The SMILES string of the molecule is C1CCCC1.C1CCCC1.C1CCCC1.CC(C)P(c1nc2ccccc2n1C)C(C)C.CC(C)[PH+](c1nc2ccccc2n1C)C(C)C.CC(C)[PH+](c1nc2ccccc2n1C)C(C)C.CC=[N-].CC=[N-].CC=[N-].CC=[N-].CC=[N-].[CH2-]C.[CH2-]C.[CH3-].[CH3-].[CH3-].[CH3-].[Ru+2].[Ru+2].[Ru+4]. The quantitative estimate of drug-likeness (QED) is 0.0610. The molecule has 0 radical (unpaired) electrons. The number of benzene rings is 3. The summed E-state index contributed by atoms with van der Waals surface area (Å²) in [6.45, 7) is 45.6. The van der Waals surface area contributed by atoms with E-state index in [4.69, 9.17) is 42.0 Å². The van der Waals surface area contributed by atoms with Crippen LogP contribution >= 0.6 is 23.8 Å². The van der Waals surface area contributed by atoms with Gasteiger partial charge < -0.3 is 75.2 Å². The molecule has 0 spiro atoms. The van der Waals surface area contributed by atoms with Crippen LogP contribution in [-0.2, 0) is 79.6 Å². The second kappa shape index (κ2) is 74.4. The van der Waals surface area contributed by atoms with Gasteiger partial charge in [-0.2, -0.15) is 23.8 Å². The van der Waals surface area contributed by atoms with E-state index in [1.165, 1.54) is 130 Å². The molecular formula is C75H137N11P3Ru3-. The second-order valence-corrected chi connectivity index (χ2v) is 32.8. The van der Waals surface area contributed by atoms with E-state index in [0.29, 0.717) is 11.3 Å². The predicted molar refractivity (Wildman–Crippen MR) is 428 cm³/mol. The van der Waals surface area contributed by atoms with Crippen molar-refractivity contribution in [2.75, 3.05) is 0 Å². The molecule has 92 heavy (non-hydrogen) atoms. The zero-order valence-corrected chi connectivity index (χ0v) is 71.3. The van der Waals surface area contributed by atoms with E-state index in [2.05, 4.69) is 205 Å². The number of hydrogen-bond donors (Lipinski definition) is 0. The molecule has 3 aromatic heterocycles. The van der Waals surface area contributed by atoms with Crippen LogP contribution in [0.3, 0.4) is 0 Å². The fraction of sp³-hybridized carbons (Fsp3) is 0.573. The van der Waals surface area contributed by atoms with Gasteiger partial charge in [0.15, 0.2) is 0 Å². The molecule has 3 aliphatic rings. The van der Waals surface area contributed by atoms with Gasteiger partial charge in [0.1, 0.15) is 5.57 Å². The summed E-state index contributed by atoms with van der Waals surface area (Å²) in [6.07, 6.45) is 27.5. The Morgan fingerprint density at radius 1 is 0.370 bits per heavy atom. The number of para-hydroxylation sites is 6. The average Bonchev–Trinajstić information content (AvgIpc) is 1.78. The first-order valence-electron chi connectivity index (χ1n) is 31.9. The first-order chi connectivity index (χ1) is 40.6. The minimum Gasteiger partial charge on any atom is -0.814 e. The molecular weight excluding hydrogens is 1450 g/mol. The molecule has 3 fully saturated rings. The van der Waals surface area contributed by atoms with Gasteiger partial charge >= 0.3 is 58.4 Å². The Hall–Kier alpha value is -2.42. The third-order valence-corrected chi connectivity index (χ3v) is 23.4. The summed E-state index contributed by atoms with van der Waals surface area (Å²) in [6, 6.07) is 25.2. The predicted octanol–water partition coefficient (Wildman–Crippen LogP) is 22.5. The van der Waals surface area contributed by atoms with E-state index in [1.807, 2.05) is 0 Å². The van der Waals surface area contributed by atoms with Gasteiger partial charge in [-0.1, -0.05) is 195 Å². The summed E-state index contributed by atoms with van der Waals surface area (Å²) in [5, 5.41) is 37.2. The Morgan fingerprint density at radius 3 is 0.707 bits per heavy atom. The monoisotopic (exact) mass is 1590 g/mol. The third-order valence-electron chi connectivity index (χ3n) is 13.4. The third kappa shape index (κ3) is 47.5. The van der Waals surface area contributed by atoms with Gasteiger partial charge in [-0.3, -0.25) is 9.13 Å². The maximum absolute atomic E-state index is 7.44. The van der Waals surface area contributed by atoms with Gasteiger partial charge in [0.25, 0.3) is 11.1 Å². The standard InChI is InChI=1S/3C14H21N2P.3C5H10.5C2H4N.2C2H5.4CH3.3Ru/c3*1-10(2)17(11(3)4)14-15-12-8-6-7-9-13(12)16(14)5;3*1-2-4-5-3-1;5*1-2-3;2*1-2;;;;;;;/h3*6-11H,1-5H3;3*1-5H2;5*2H,1H3;2*1H2,2H3;4*1H3;;;/q;;;;;;11*-1;2*+2;+4/p+2. The molecule has 0 amide bonds. The van der Waals surface area contributed by atoms with Crippen molar-refractivity contribution in [1.82, 2.24) is 28.7 Å². The first kappa shape index (κ1) is 114. The molecule has 11 nitrogen and oxygen atoms in total. The van der Waals surface area contributed by atoms with Crippen LogP contribution in [0, 0.1) is 43.6 Å². The molecule has 0 unspecified atom stereocenters. The van der Waals surface area contributed by atoms with Crippen LogP contribution in [-0.4, -0.2) is 93.7 Å². The smallest absolute Gasteiger partial charge is 0.814 e. The molecule has 0 aliphatic heterocycles. The maximum Gasteiger partial charge on any atom is 4.00 e. The molecule has 0 saturated heterocycles. The summed E-state index contributed by atoms with van der Waals surface area (Å²) in [4.78, 5) is 14.6. The van der Waals surface area contributed by atoms with Crippen molar-refractivity contribution in [3.05, 3.63) is 143 Å². The number of hydrogen-bond acceptors (Lipinski definition) is 3. The van der Waals surface area contributed by atoms with E-state index in [1.54, 1.807) is 48.5 Å². The number of imidazole rings is 3. The molecule has 532 valence electrons. The van der Waals surface area contributed by atoms with Crippen LogP contribution < -0.4 is 16.7 Å². The van der Waals surface area contributed by atoms with E-state index in [0.717, 1.165) is 70.3 Å². The Bertz CT molecular complexity index is 2210. The van der Waals surface area contributed by atoms with Crippen LogP contribution in [0.5, 0.6) is 0 Å². The molecule has 0 atom stereocenters. The normalized spacial score (nSPS) is 11.5. The van der Waals surface area contributed by atoms with E-state index >= 15 is 0 Å². The number of aromatic nitrogens is 6. The van der Waals surface area contributed by atoms with Crippen LogP contribution in [0.15, 0.2) is 72.8 Å². The molecule has 0 N–H and O–H groups in total. The van der Waals surface area contributed by atoms with Crippen molar-refractivity contribution in [2.24, 2.45) is 21.1 Å². The zero-order valence-electron chi connectivity index (χ0n) is 63.2. The molecule has 17 heteroatoms. The number of aryl methyl sites for hydroxylation is 3. The zero-order chi connectivity index (χ0) is 65.9. The summed E-state index contributed by atoms with van der Waals surface area (Å²) < 4.78 is 6.87. The van der Waals surface area contributed by atoms with Crippen molar-refractivity contribution < 1.29 is 58.4 Å². The number of rotatable bonds is 9. The van der Waals surface area contributed by atoms with Crippen LogP contribution in [0.25, 0.3) is 60.1 Å². The summed E-state index contributed by atoms with van der Waals surface area (Å²) in [7, 11) is 5.07. The molecule has 3 saturated carbocycles. The van der Waals surface area contributed by atoms with Gasteiger partial charge in [0.05, 0.1) is 71.6 Å². The molecule has 9 rings (SSSR count). The Kier molecular flexibility index (Phi) is 92.0. The molecule has 3 aliphatic carbocycles. The largest absolute Gasteiger partial charge is 4.00 e. The molecule has 6 aromatic rings. The van der Waals surface area contributed by atoms with Gasteiger partial charge in [0, 0.05) is 21.1 Å². The minimum atomic E-state index is -0.595. The van der Waals surface area contributed by atoms with E-state index < -0.39 is 15.8 Å².